The lowest BCUT2D eigenvalue weighted by molar-refractivity contribution is -0.146. The molecule has 2 unspecified atom stereocenters. The minimum Gasteiger partial charge on any atom is -0.337 e. The quantitative estimate of drug-likeness (QED) is 0.813. The summed E-state index contributed by atoms with van der Waals surface area (Å²) in [6, 6.07) is 0.352. The van der Waals surface area contributed by atoms with E-state index in [1.165, 1.54) is 0 Å². The van der Waals surface area contributed by atoms with Crippen LogP contribution in [0.25, 0.3) is 0 Å². The summed E-state index contributed by atoms with van der Waals surface area (Å²) in [7, 11) is 2.14. The van der Waals surface area contributed by atoms with Crippen LogP contribution in [0.5, 0.6) is 0 Å². The molecule has 1 N–H and O–H groups in total. The number of piperazine rings is 1. The third-order valence-corrected chi connectivity index (χ3v) is 4.52. The van der Waals surface area contributed by atoms with Gasteiger partial charge in [0.25, 0.3) is 0 Å². The Bertz CT molecular complexity index is 299. The highest BCUT2D eigenvalue weighted by atomic mass is 16.2. The highest BCUT2D eigenvalue weighted by Crippen LogP contribution is 2.34. The molecule has 2 saturated heterocycles. The van der Waals surface area contributed by atoms with Gasteiger partial charge >= 0.3 is 0 Å². The van der Waals surface area contributed by atoms with Gasteiger partial charge in [0.15, 0.2) is 0 Å². The number of carbonyl (C=O) groups excluding carboxylic acids is 1. The van der Waals surface area contributed by atoms with E-state index in [0.29, 0.717) is 11.9 Å². The highest BCUT2D eigenvalue weighted by Gasteiger charge is 2.44. The Kier molecular flexibility index (Phi) is 4.28. The maximum absolute atomic E-state index is 12.9. The fourth-order valence-electron chi connectivity index (χ4n) is 3.47. The third-order valence-electron chi connectivity index (χ3n) is 4.52. The second-order valence-corrected chi connectivity index (χ2v) is 6.07. The van der Waals surface area contributed by atoms with Crippen LogP contribution in [0, 0.1) is 5.41 Å². The van der Waals surface area contributed by atoms with E-state index >= 15 is 0 Å². The molecule has 0 spiro atoms. The van der Waals surface area contributed by atoms with Gasteiger partial charge in [-0.25, -0.2) is 0 Å². The summed E-state index contributed by atoms with van der Waals surface area (Å²) in [6.07, 6.45) is 3.13. The molecule has 104 valence electrons. The zero-order valence-corrected chi connectivity index (χ0v) is 12.0. The van der Waals surface area contributed by atoms with Gasteiger partial charge in [-0.3, -0.25) is 4.79 Å². The summed E-state index contributed by atoms with van der Waals surface area (Å²) >= 11 is 0. The normalized spacial score (nSPS) is 33.9. The zero-order valence-electron chi connectivity index (χ0n) is 12.0. The van der Waals surface area contributed by atoms with Crippen molar-refractivity contribution in [2.45, 2.75) is 39.2 Å². The minimum absolute atomic E-state index is 0.112. The van der Waals surface area contributed by atoms with Crippen molar-refractivity contribution < 1.29 is 4.79 Å². The van der Waals surface area contributed by atoms with Crippen LogP contribution < -0.4 is 5.32 Å². The van der Waals surface area contributed by atoms with Crippen molar-refractivity contribution in [2.24, 2.45) is 5.41 Å². The fraction of sp³-hybridized carbons (Fsp3) is 0.929. The molecule has 0 aromatic rings. The van der Waals surface area contributed by atoms with Crippen LogP contribution in [0.1, 0.15) is 33.1 Å². The first-order chi connectivity index (χ1) is 8.59. The van der Waals surface area contributed by atoms with Crippen molar-refractivity contribution in [1.29, 1.82) is 0 Å². The number of rotatable bonds is 3. The standard InChI is InChI=1S/C14H27N3O/c1-4-5-14(6-7-15-11-14)13(18)17-9-8-16(3)10-12(17)2/h12,15H,4-11H2,1-3H3. The van der Waals surface area contributed by atoms with E-state index in [2.05, 4.69) is 36.0 Å². The van der Waals surface area contributed by atoms with Crippen LogP contribution in [0.3, 0.4) is 0 Å². The van der Waals surface area contributed by atoms with Crippen LogP contribution >= 0.6 is 0 Å². The molecule has 2 rings (SSSR count). The average molecular weight is 253 g/mol. The van der Waals surface area contributed by atoms with E-state index in [0.717, 1.165) is 52.0 Å². The van der Waals surface area contributed by atoms with Crippen molar-refractivity contribution >= 4 is 5.91 Å². The van der Waals surface area contributed by atoms with E-state index in [1.54, 1.807) is 0 Å². The number of nitrogens with zero attached hydrogens (tertiary/aromatic N) is 2. The van der Waals surface area contributed by atoms with Gasteiger partial charge in [-0.1, -0.05) is 13.3 Å². The molecule has 2 atom stereocenters. The van der Waals surface area contributed by atoms with Gasteiger partial charge < -0.3 is 15.1 Å². The van der Waals surface area contributed by atoms with Gasteiger partial charge in [-0.15, -0.1) is 0 Å². The van der Waals surface area contributed by atoms with Crippen LogP contribution in [0.4, 0.5) is 0 Å². The van der Waals surface area contributed by atoms with Gasteiger partial charge in [-0.05, 0) is 33.4 Å². The third kappa shape index (κ3) is 2.54. The molecule has 0 bridgehead atoms. The van der Waals surface area contributed by atoms with Crippen molar-refractivity contribution in [3.63, 3.8) is 0 Å². The molecule has 4 heteroatoms. The molecule has 2 aliphatic rings. The Morgan fingerprint density at radius 1 is 1.44 bits per heavy atom. The molecule has 2 fully saturated rings. The first-order valence-corrected chi connectivity index (χ1v) is 7.29. The largest absolute Gasteiger partial charge is 0.337 e. The van der Waals surface area contributed by atoms with Crippen LogP contribution in [-0.2, 0) is 4.79 Å². The van der Waals surface area contributed by atoms with Crippen molar-refractivity contribution in [2.75, 3.05) is 39.8 Å². The van der Waals surface area contributed by atoms with E-state index < -0.39 is 0 Å². The number of hydrogen-bond donors (Lipinski definition) is 1. The fourth-order valence-corrected chi connectivity index (χ4v) is 3.47. The maximum atomic E-state index is 12.9. The van der Waals surface area contributed by atoms with Crippen molar-refractivity contribution in [3.05, 3.63) is 0 Å². The number of hydrogen-bond acceptors (Lipinski definition) is 3. The van der Waals surface area contributed by atoms with Crippen LogP contribution in [0.2, 0.25) is 0 Å². The van der Waals surface area contributed by atoms with Gasteiger partial charge in [-0.2, -0.15) is 0 Å². The number of carbonyl (C=O) groups is 1. The Labute approximate surface area is 111 Å². The zero-order chi connectivity index (χ0) is 13.2. The Hall–Kier alpha value is -0.610. The van der Waals surface area contributed by atoms with E-state index in [-0.39, 0.29) is 5.41 Å². The lowest BCUT2D eigenvalue weighted by Gasteiger charge is -2.42. The molecule has 2 aliphatic heterocycles. The van der Waals surface area contributed by atoms with E-state index in [9.17, 15) is 4.79 Å². The molecule has 18 heavy (non-hydrogen) atoms. The predicted octanol–water partition coefficient (Wildman–Crippen LogP) is 0.929. The van der Waals surface area contributed by atoms with E-state index in [4.69, 9.17) is 0 Å². The Morgan fingerprint density at radius 2 is 2.22 bits per heavy atom. The van der Waals surface area contributed by atoms with Gasteiger partial charge in [0, 0.05) is 32.2 Å². The topological polar surface area (TPSA) is 35.6 Å². The highest BCUT2D eigenvalue weighted by molar-refractivity contribution is 5.83. The van der Waals surface area contributed by atoms with Crippen LogP contribution in [-0.4, -0.2) is 61.5 Å². The number of amides is 1. The Balaban J connectivity index is 2.09. The lowest BCUT2D eigenvalue weighted by atomic mass is 9.80. The second kappa shape index (κ2) is 5.57. The van der Waals surface area contributed by atoms with Gasteiger partial charge in [0.2, 0.25) is 5.91 Å². The summed E-state index contributed by atoms with van der Waals surface area (Å²) in [6.45, 7) is 9.12. The summed E-state index contributed by atoms with van der Waals surface area (Å²) < 4.78 is 0. The maximum Gasteiger partial charge on any atom is 0.230 e. The molecule has 0 radical (unpaired) electrons. The van der Waals surface area contributed by atoms with E-state index in [1.807, 2.05) is 0 Å². The van der Waals surface area contributed by atoms with Crippen LogP contribution in [0.15, 0.2) is 0 Å². The van der Waals surface area contributed by atoms with Crippen molar-refractivity contribution in [3.8, 4) is 0 Å². The first kappa shape index (κ1) is 13.8. The SMILES string of the molecule is CCCC1(C(=O)N2CCN(C)CC2C)CCNC1. The molecule has 4 nitrogen and oxygen atoms in total. The molecule has 2 heterocycles. The molecule has 0 saturated carbocycles. The average Bonchev–Trinajstić information content (AvgIpc) is 2.78. The summed E-state index contributed by atoms with van der Waals surface area (Å²) in [5, 5.41) is 3.38. The second-order valence-electron chi connectivity index (χ2n) is 6.07. The predicted molar refractivity (Wildman–Crippen MR) is 73.5 cm³/mol. The van der Waals surface area contributed by atoms with Gasteiger partial charge in [0.1, 0.15) is 0 Å². The minimum atomic E-state index is -0.112. The smallest absolute Gasteiger partial charge is 0.230 e. The molecule has 0 aromatic heterocycles. The Morgan fingerprint density at radius 3 is 2.78 bits per heavy atom. The molecular formula is C14H27N3O. The first-order valence-electron chi connectivity index (χ1n) is 7.29. The molecule has 1 amide bonds. The number of nitrogens with one attached hydrogen (secondary N) is 1. The van der Waals surface area contributed by atoms with Crippen molar-refractivity contribution in [1.82, 2.24) is 15.1 Å². The molecule has 0 aliphatic carbocycles. The van der Waals surface area contributed by atoms with Gasteiger partial charge in [0.05, 0.1) is 5.41 Å². The summed E-state index contributed by atoms with van der Waals surface area (Å²) in [4.78, 5) is 17.3. The summed E-state index contributed by atoms with van der Waals surface area (Å²) in [5.74, 6) is 0.398. The molecular weight excluding hydrogens is 226 g/mol. The summed E-state index contributed by atoms with van der Waals surface area (Å²) in [5.41, 5.74) is -0.112. The molecule has 0 aromatic carbocycles. The monoisotopic (exact) mass is 253 g/mol. The lowest BCUT2D eigenvalue weighted by Crippen LogP contribution is -2.57. The number of likely N-dealkylation sites (N-methyl/N-ethyl adjacent to an activating group) is 1.